The minimum Gasteiger partial charge on any atom is -0.236 e. The normalized spacial score (nSPS) is 10.8. The molecule has 0 aliphatic heterocycles. The van der Waals surface area contributed by atoms with E-state index >= 15 is 0 Å². The van der Waals surface area contributed by atoms with Gasteiger partial charge in [-0.3, -0.25) is 0 Å². The molecule has 0 spiro atoms. The molecular weight excluding hydrogens is 234 g/mol. The molecule has 0 saturated carbocycles. The highest BCUT2D eigenvalue weighted by atomic mass is 16.5. The molecule has 1 heterocycles. The van der Waals surface area contributed by atoms with Gasteiger partial charge >= 0.3 is 0 Å². The maximum atomic E-state index is 5.80. The fraction of sp³-hybridized carbons (Fsp3) is 0.471. The van der Waals surface area contributed by atoms with Crippen molar-refractivity contribution in [1.82, 2.24) is 0 Å². The van der Waals surface area contributed by atoms with Gasteiger partial charge in [-0.1, -0.05) is 62.9 Å². The van der Waals surface area contributed by atoms with E-state index in [1.807, 2.05) is 30.0 Å². The highest BCUT2D eigenvalue weighted by molar-refractivity contribution is 5.56. The Morgan fingerprint density at radius 2 is 1.74 bits per heavy atom. The van der Waals surface area contributed by atoms with Crippen LogP contribution >= 0.6 is 0 Å². The smallest absolute Gasteiger partial charge is 0.231 e. The Kier molecular flexibility index (Phi) is 5.20. The van der Waals surface area contributed by atoms with E-state index in [1.165, 1.54) is 37.8 Å². The number of unbranched alkanes of at least 4 members (excludes halogenated alkanes) is 4. The van der Waals surface area contributed by atoms with Crippen molar-refractivity contribution < 1.29 is 9.26 Å². The van der Waals surface area contributed by atoms with Crippen molar-refractivity contribution in [2.45, 2.75) is 45.4 Å². The molecule has 2 nitrogen and oxygen atoms in total. The zero-order chi connectivity index (χ0) is 13.5. The molecule has 2 heteroatoms. The molecule has 0 amide bonds. The lowest BCUT2D eigenvalue weighted by molar-refractivity contribution is -0.848. The third kappa shape index (κ3) is 3.95. The van der Waals surface area contributed by atoms with E-state index in [2.05, 4.69) is 25.1 Å². The lowest BCUT2D eigenvalue weighted by Gasteiger charge is -1.95. The number of rotatable bonds is 7. The van der Waals surface area contributed by atoms with Crippen LogP contribution in [0.5, 0.6) is 0 Å². The molecule has 0 aliphatic carbocycles. The van der Waals surface area contributed by atoms with Gasteiger partial charge in [0.25, 0.3) is 0 Å². The standard InChI is InChI=1S/C17H24NO/c1-3-4-5-6-10-13-16-14-17(19-18(16)2)15-11-8-7-9-12-15/h7-9,11-12,14H,3-6,10,13H2,1-2H3/q+1. The fourth-order valence-corrected chi connectivity index (χ4v) is 2.35. The minimum atomic E-state index is 0.964. The second kappa shape index (κ2) is 7.13. The summed E-state index contributed by atoms with van der Waals surface area (Å²) in [6, 6.07) is 12.5. The van der Waals surface area contributed by atoms with Crippen LogP contribution in [0.2, 0.25) is 0 Å². The largest absolute Gasteiger partial charge is 0.236 e. The Balaban J connectivity index is 1.94. The van der Waals surface area contributed by atoms with Crippen LogP contribution in [0.3, 0.4) is 0 Å². The van der Waals surface area contributed by atoms with Gasteiger partial charge in [-0.25, -0.2) is 4.52 Å². The highest BCUT2D eigenvalue weighted by Gasteiger charge is 2.16. The first kappa shape index (κ1) is 13.9. The molecule has 2 aromatic rings. The van der Waals surface area contributed by atoms with Crippen LogP contribution in [0.25, 0.3) is 11.3 Å². The molecule has 1 aromatic heterocycles. The zero-order valence-corrected chi connectivity index (χ0v) is 12.1. The molecule has 0 saturated heterocycles. The van der Waals surface area contributed by atoms with Crippen LogP contribution in [0.1, 0.15) is 44.7 Å². The summed E-state index contributed by atoms with van der Waals surface area (Å²) in [6.07, 6.45) is 7.69. The van der Waals surface area contributed by atoms with Gasteiger partial charge in [0, 0.05) is 12.0 Å². The molecule has 19 heavy (non-hydrogen) atoms. The molecule has 2 rings (SSSR count). The molecule has 0 bridgehead atoms. The number of hydrogen-bond donors (Lipinski definition) is 0. The van der Waals surface area contributed by atoms with Gasteiger partial charge in [0.05, 0.1) is 6.07 Å². The van der Waals surface area contributed by atoms with Crippen LogP contribution in [-0.4, -0.2) is 0 Å². The predicted octanol–water partition coefficient (Wildman–Crippen LogP) is 4.28. The van der Waals surface area contributed by atoms with E-state index in [0.29, 0.717) is 0 Å². The molecule has 0 unspecified atom stereocenters. The minimum absolute atomic E-state index is 0.964. The molecule has 0 radical (unpaired) electrons. The Labute approximate surface area is 116 Å². The summed E-state index contributed by atoms with van der Waals surface area (Å²) in [6.45, 7) is 2.25. The van der Waals surface area contributed by atoms with Gasteiger partial charge in [-0.05, 0) is 11.2 Å². The molecule has 0 N–H and O–H groups in total. The number of nitrogens with zero attached hydrogens (tertiary/aromatic N) is 1. The van der Waals surface area contributed by atoms with Crippen LogP contribution in [0.15, 0.2) is 40.9 Å². The molecule has 0 atom stereocenters. The second-order valence-electron chi connectivity index (χ2n) is 5.12. The van der Waals surface area contributed by atoms with Crippen LogP contribution in [-0.2, 0) is 13.5 Å². The lowest BCUT2D eigenvalue weighted by atomic mass is 10.1. The average Bonchev–Trinajstić information content (AvgIpc) is 2.81. The van der Waals surface area contributed by atoms with Gasteiger partial charge < -0.3 is 0 Å². The van der Waals surface area contributed by atoms with Crippen molar-refractivity contribution >= 4 is 0 Å². The van der Waals surface area contributed by atoms with E-state index < -0.39 is 0 Å². The quantitative estimate of drug-likeness (QED) is 0.535. The molecule has 0 aliphatic rings. The molecule has 102 valence electrons. The summed E-state index contributed by atoms with van der Waals surface area (Å²) in [5, 5.41) is 0. The predicted molar refractivity (Wildman–Crippen MR) is 77.8 cm³/mol. The zero-order valence-electron chi connectivity index (χ0n) is 12.1. The summed E-state index contributed by atoms with van der Waals surface area (Å²) < 4.78 is 7.70. The highest BCUT2D eigenvalue weighted by Crippen LogP contribution is 2.19. The Morgan fingerprint density at radius 1 is 1.00 bits per heavy atom. The van der Waals surface area contributed by atoms with E-state index in [0.717, 1.165) is 17.7 Å². The maximum absolute atomic E-state index is 5.80. The Hall–Kier alpha value is -1.57. The first-order chi connectivity index (χ1) is 9.31. The van der Waals surface area contributed by atoms with Crippen molar-refractivity contribution in [1.29, 1.82) is 0 Å². The summed E-state index contributed by atoms with van der Waals surface area (Å²) in [4.78, 5) is 0. The molecule has 1 aromatic carbocycles. The average molecular weight is 258 g/mol. The van der Waals surface area contributed by atoms with Crippen LogP contribution in [0, 0.1) is 0 Å². The van der Waals surface area contributed by atoms with E-state index in [4.69, 9.17) is 4.52 Å². The first-order valence-electron chi connectivity index (χ1n) is 7.36. The van der Waals surface area contributed by atoms with E-state index in [9.17, 15) is 0 Å². The van der Waals surface area contributed by atoms with Crippen molar-refractivity contribution in [3.8, 4) is 11.3 Å². The topological polar surface area (TPSA) is 17.0 Å². The van der Waals surface area contributed by atoms with Crippen LogP contribution in [0.4, 0.5) is 0 Å². The summed E-state index contributed by atoms with van der Waals surface area (Å²) >= 11 is 0. The monoisotopic (exact) mass is 258 g/mol. The summed E-state index contributed by atoms with van der Waals surface area (Å²) in [5.74, 6) is 0.964. The third-order valence-electron chi connectivity index (χ3n) is 3.53. The van der Waals surface area contributed by atoms with Crippen molar-refractivity contribution in [2.24, 2.45) is 7.05 Å². The fourth-order valence-electron chi connectivity index (χ4n) is 2.35. The SMILES string of the molecule is CCCCCCCc1cc(-c2ccccc2)o[n+]1C. The number of aryl methyl sites for hydroxylation is 2. The van der Waals surface area contributed by atoms with Crippen molar-refractivity contribution in [3.05, 3.63) is 42.1 Å². The number of hydrogen-bond acceptors (Lipinski definition) is 1. The van der Waals surface area contributed by atoms with E-state index in [1.54, 1.807) is 0 Å². The van der Waals surface area contributed by atoms with Gasteiger partial charge in [0.15, 0.2) is 7.05 Å². The van der Waals surface area contributed by atoms with Crippen LogP contribution < -0.4 is 4.74 Å². The van der Waals surface area contributed by atoms with Crippen molar-refractivity contribution in [3.63, 3.8) is 0 Å². The Morgan fingerprint density at radius 3 is 2.47 bits per heavy atom. The summed E-state index contributed by atoms with van der Waals surface area (Å²) in [5.41, 5.74) is 2.44. The molecular formula is C17H24NO+. The third-order valence-corrected chi connectivity index (χ3v) is 3.53. The van der Waals surface area contributed by atoms with Gasteiger partial charge in [0.1, 0.15) is 0 Å². The first-order valence-corrected chi connectivity index (χ1v) is 7.36. The Bertz CT molecular complexity index is 487. The number of aromatic nitrogens is 1. The van der Waals surface area contributed by atoms with Gasteiger partial charge in [-0.15, -0.1) is 0 Å². The van der Waals surface area contributed by atoms with Gasteiger partial charge in [-0.2, -0.15) is 0 Å². The van der Waals surface area contributed by atoms with Crippen molar-refractivity contribution in [2.75, 3.05) is 0 Å². The summed E-state index contributed by atoms with van der Waals surface area (Å²) in [7, 11) is 1.99. The lowest BCUT2D eigenvalue weighted by Crippen LogP contribution is -2.29. The maximum Gasteiger partial charge on any atom is 0.231 e. The second-order valence-corrected chi connectivity index (χ2v) is 5.12. The molecule has 0 fully saturated rings. The number of benzene rings is 1. The van der Waals surface area contributed by atoms with Gasteiger partial charge in [0.2, 0.25) is 11.5 Å². The van der Waals surface area contributed by atoms with E-state index in [-0.39, 0.29) is 0 Å².